The molecule has 4 nitrogen and oxygen atoms in total. The molecule has 0 aliphatic carbocycles. The number of benzene rings is 1. The molecule has 0 unspecified atom stereocenters. The fourth-order valence-corrected chi connectivity index (χ4v) is 1.58. The van der Waals surface area contributed by atoms with E-state index in [9.17, 15) is 0 Å². The predicted molar refractivity (Wildman–Crippen MR) is 96.5 cm³/mol. The van der Waals surface area contributed by atoms with E-state index in [2.05, 4.69) is 22.2 Å². The van der Waals surface area contributed by atoms with Crippen molar-refractivity contribution in [1.29, 1.82) is 0 Å². The van der Waals surface area contributed by atoms with Crippen LogP contribution < -0.4 is 15.4 Å². The molecule has 0 heterocycles. The molecule has 0 saturated heterocycles. The van der Waals surface area contributed by atoms with Crippen molar-refractivity contribution in [2.45, 2.75) is 6.92 Å². The zero-order valence-corrected chi connectivity index (χ0v) is 14.7. The summed E-state index contributed by atoms with van der Waals surface area (Å²) in [6, 6.07) is 7.40. The molecule has 0 amide bonds. The van der Waals surface area contributed by atoms with Crippen LogP contribution in [0.25, 0.3) is 0 Å². The summed E-state index contributed by atoms with van der Waals surface area (Å²) in [5.74, 6) is 1.44. The predicted octanol–water partition coefficient (Wildman–Crippen LogP) is 3.08. The first-order valence-corrected chi connectivity index (χ1v) is 6.66. The average molecular weight is 410 g/mol. The Bertz CT molecular complexity index is 427. The number of hydrogen-bond acceptors (Lipinski definition) is 2. The van der Waals surface area contributed by atoms with Crippen LogP contribution in [0.1, 0.15) is 6.92 Å². The van der Waals surface area contributed by atoms with Crippen molar-refractivity contribution in [3.05, 3.63) is 41.9 Å². The van der Waals surface area contributed by atoms with Crippen LogP contribution in [0.3, 0.4) is 0 Å². The van der Waals surface area contributed by atoms with Gasteiger partial charge in [0, 0.05) is 13.1 Å². The highest BCUT2D eigenvalue weighted by molar-refractivity contribution is 14.0. The van der Waals surface area contributed by atoms with Crippen molar-refractivity contribution in [2.75, 3.05) is 26.2 Å². The molecule has 0 aliphatic rings. The number of hydrogen-bond donors (Lipinski definition) is 2. The van der Waals surface area contributed by atoms with Crippen LogP contribution in [0.2, 0.25) is 5.02 Å². The maximum atomic E-state index is 5.99. The Kier molecular flexibility index (Phi) is 11.3. The van der Waals surface area contributed by atoms with E-state index in [1.54, 1.807) is 12.1 Å². The second kappa shape index (κ2) is 11.8. The lowest BCUT2D eigenvalue weighted by molar-refractivity contribution is 0.328. The quantitative estimate of drug-likeness (QED) is 0.239. The molecule has 20 heavy (non-hydrogen) atoms. The van der Waals surface area contributed by atoms with Crippen LogP contribution >= 0.6 is 35.6 Å². The number of nitrogens with one attached hydrogen (secondary N) is 2. The summed E-state index contributed by atoms with van der Waals surface area (Å²) >= 11 is 5.99. The zero-order chi connectivity index (χ0) is 13.9. The van der Waals surface area contributed by atoms with Crippen LogP contribution in [0.4, 0.5) is 0 Å². The number of rotatable bonds is 7. The van der Waals surface area contributed by atoms with Crippen LogP contribution in [-0.4, -0.2) is 32.2 Å². The lowest BCUT2D eigenvalue weighted by Crippen LogP contribution is -2.37. The van der Waals surface area contributed by atoms with Gasteiger partial charge in [0.1, 0.15) is 12.4 Å². The molecular weight excluding hydrogens is 389 g/mol. The summed E-state index contributed by atoms with van der Waals surface area (Å²) < 4.78 is 5.56. The largest absolute Gasteiger partial charge is 0.490 e. The van der Waals surface area contributed by atoms with Gasteiger partial charge in [0.05, 0.1) is 11.6 Å². The zero-order valence-electron chi connectivity index (χ0n) is 11.6. The van der Waals surface area contributed by atoms with Gasteiger partial charge < -0.3 is 15.4 Å². The van der Waals surface area contributed by atoms with Crippen molar-refractivity contribution in [2.24, 2.45) is 4.99 Å². The molecule has 112 valence electrons. The molecule has 2 N–H and O–H groups in total. The highest BCUT2D eigenvalue weighted by Gasteiger charge is 1.99. The number of ether oxygens (including phenoxy) is 1. The molecule has 0 aromatic heterocycles. The van der Waals surface area contributed by atoms with E-state index >= 15 is 0 Å². The third-order valence-corrected chi connectivity index (χ3v) is 2.53. The van der Waals surface area contributed by atoms with Gasteiger partial charge in [-0.25, -0.2) is 4.99 Å². The minimum absolute atomic E-state index is 0. The van der Waals surface area contributed by atoms with Crippen molar-refractivity contribution in [3.63, 3.8) is 0 Å². The summed E-state index contributed by atoms with van der Waals surface area (Å²) in [6.07, 6.45) is 1.78. The molecular formula is C14H21ClIN3O. The second-order valence-corrected chi connectivity index (χ2v) is 4.12. The average Bonchev–Trinajstić information content (AvgIpc) is 2.42. The lowest BCUT2D eigenvalue weighted by atomic mass is 10.3. The smallest absolute Gasteiger partial charge is 0.191 e. The lowest BCUT2D eigenvalue weighted by Gasteiger charge is -2.10. The van der Waals surface area contributed by atoms with Crippen LogP contribution in [-0.2, 0) is 0 Å². The van der Waals surface area contributed by atoms with Crippen molar-refractivity contribution >= 4 is 41.5 Å². The number of aliphatic imine (C=N–C) groups is 1. The van der Waals surface area contributed by atoms with Crippen molar-refractivity contribution in [1.82, 2.24) is 10.6 Å². The summed E-state index contributed by atoms with van der Waals surface area (Å²) in [6.45, 7) is 8.20. The van der Waals surface area contributed by atoms with E-state index in [1.165, 1.54) is 0 Å². The molecule has 0 bridgehead atoms. The first-order chi connectivity index (χ1) is 9.27. The standard InChI is InChI=1S/C14H20ClN3O.HI/c1-3-9-17-14(16-4-2)18-10-11-19-13-8-6-5-7-12(13)15;/h3,5-8H,1,4,9-11H2,2H3,(H2,16,17,18);1H. The van der Waals surface area contributed by atoms with E-state index in [1.807, 2.05) is 25.1 Å². The minimum atomic E-state index is 0. The highest BCUT2D eigenvalue weighted by Crippen LogP contribution is 2.22. The van der Waals surface area contributed by atoms with Gasteiger partial charge in [-0.1, -0.05) is 29.8 Å². The molecule has 0 atom stereocenters. The van der Waals surface area contributed by atoms with Crippen molar-refractivity contribution in [3.8, 4) is 5.75 Å². The summed E-state index contributed by atoms with van der Waals surface area (Å²) in [5, 5.41) is 6.87. The first-order valence-electron chi connectivity index (χ1n) is 6.28. The Hall–Kier alpha value is -0.950. The van der Waals surface area contributed by atoms with Crippen LogP contribution in [0.15, 0.2) is 41.9 Å². The summed E-state index contributed by atoms with van der Waals surface area (Å²) in [7, 11) is 0. The topological polar surface area (TPSA) is 45.7 Å². The molecule has 0 spiro atoms. The van der Waals surface area contributed by atoms with E-state index in [4.69, 9.17) is 16.3 Å². The fraction of sp³-hybridized carbons (Fsp3) is 0.357. The number of halogens is 2. The molecule has 1 aromatic rings. The fourth-order valence-electron chi connectivity index (χ4n) is 1.39. The Labute approximate surface area is 142 Å². The number of guanidine groups is 1. The Morgan fingerprint density at radius 2 is 2.15 bits per heavy atom. The Balaban J connectivity index is 0.00000361. The molecule has 0 saturated carbocycles. The van der Waals surface area contributed by atoms with Gasteiger partial charge >= 0.3 is 0 Å². The third-order valence-electron chi connectivity index (χ3n) is 2.21. The number of nitrogens with zero attached hydrogens (tertiary/aromatic N) is 1. The maximum Gasteiger partial charge on any atom is 0.191 e. The monoisotopic (exact) mass is 409 g/mol. The van der Waals surface area contributed by atoms with Crippen LogP contribution in [0.5, 0.6) is 5.75 Å². The van der Waals surface area contributed by atoms with E-state index in [0.29, 0.717) is 30.5 Å². The van der Waals surface area contributed by atoms with E-state index in [0.717, 1.165) is 12.5 Å². The minimum Gasteiger partial charge on any atom is -0.490 e. The highest BCUT2D eigenvalue weighted by atomic mass is 127. The van der Waals surface area contributed by atoms with Gasteiger partial charge in [0.2, 0.25) is 0 Å². The molecule has 1 rings (SSSR count). The molecule has 0 aliphatic heterocycles. The maximum absolute atomic E-state index is 5.99. The summed E-state index contributed by atoms with van der Waals surface area (Å²) in [4.78, 5) is 4.37. The van der Waals surface area contributed by atoms with E-state index in [-0.39, 0.29) is 24.0 Å². The van der Waals surface area contributed by atoms with Gasteiger partial charge in [0.15, 0.2) is 5.96 Å². The SMILES string of the molecule is C=CCNC(=NCCOc1ccccc1Cl)NCC.I. The normalized spacial score (nSPS) is 10.4. The molecule has 0 fully saturated rings. The van der Waals surface area contributed by atoms with Crippen LogP contribution in [0, 0.1) is 0 Å². The van der Waals surface area contributed by atoms with Gasteiger partial charge in [-0.3, -0.25) is 0 Å². The molecule has 6 heteroatoms. The van der Waals surface area contributed by atoms with Gasteiger partial charge in [-0.05, 0) is 19.1 Å². The Morgan fingerprint density at radius 3 is 2.80 bits per heavy atom. The molecule has 0 radical (unpaired) electrons. The van der Waals surface area contributed by atoms with Gasteiger partial charge in [0.25, 0.3) is 0 Å². The van der Waals surface area contributed by atoms with Crippen molar-refractivity contribution < 1.29 is 4.74 Å². The number of para-hydroxylation sites is 1. The van der Waals surface area contributed by atoms with Gasteiger partial charge in [-0.2, -0.15) is 0 Å². The van der Waals surface area contributed by atoms with E-state index < -0.39 is 0 Å². The summed E-state index contributed by atoms with van der Waals surface area (Å²) in [5.41, 5.74) is 0. The second-order valence-electron chi connectivity index (χ2n) is 3.71. The third kappa shape index (κ3) is 7.59. The van der Waals surface area contributed by atoms with Gasteiger partial charge in [-0.15, -0.1) is 30.6 Å². The Morgan fingerprint density at radius 1 is 1.40 bits per heavy atom. The first kappa shape index (κ1) is 19.1. The molecule has 1 aromatic carbocycles.